The molecule has 0 saturated carbocycles. The summed E-state index contributed by atoms with van der Waals surface area (Å²) in [5.74, 6) is -0.556. The number of nitrogens with zero attached hydrogens (tertiary/aromatic N) is 1. The minimum Gasteiger partial charge on any atom is -0.462 e. The largest absolute Gasteiger partial charge is 0.462 e. The summed E-state index contributed by atoms with van der Waals surface area (Å²) in [5.41, 5.74) is 3.16. The lowest BCUT2D eigenvalue weighted by Crippen LogP contribution is -2.30. The SMILES string of the molecule is CCOC(=O)c1c(NC(=O)c2cccc(C)c2)sc2c1CCN(CC)C2. The fraction of sp³-hybridized carbons (Fsp3) is 0.400. The van der Waals surface area contributed by atoms with Crippen molar-refractivity contribution in [2.24, 2.45) is 0 Å². The van der Waals surface area contributed by atoms with Crippen molar-refractivity contribution in [3.05, 3.63) is 51.4 Å². The van der Waals surface area contributed by atoms with E-state index in [4.69, 9.17) is 4.74 Å². The van der Waals surface area contributed by atoms with Gasteiger partial charge in [-0.2, -0.15) is 0 Å². The van der Waals surface area contributed by atoms with Crippen molar-refractivity contribution in [1.29, 1.82) is 0 Å². The number of likely N-dealkylation sites (N-methyl/N-ethyl adjacent to an activating group) is 1. The number of hydrogen-bond acceptors (Lipinski definition) is 5. The normalized spacial score (nSPS) is 14.0. The number of aryl methyl sites for hydroxylation is 1. The zero-order valence-electron chi connectivity index (χ0n) is 15.4. The summed E-state index contributed by atoms with van der Waals surface area (Å²) in [5, 5.41) is 3.54. The van der Waals surface area contributed by atoms with E-state index in [0.717, 1.165) is 42.1 Å². The standard InChI is InChI=1S/C20H24N2O3S/c1-4-22-10-9-15-16(12-22)26-19(17(15)20(24)25-5-2)21-18(23)14-8-6-7-13(3)11-14/h6-8,11H,4-5,9-10,12H2,1-3H3,(H,21,23). The molecule has 1 aromatic heterocycles. The number of carbonyl (C=O) groups excluding carboxylic acids is 2. The molecule has 0 spiro atoms. The molecule has 26 heavy (non-hydrogen) atoms. The van der Waals surface area contributed by atoms with E-state index in [9.17, 15) is 9.59 Å². The minimum atomic E-state index is -0.352. The summed E-state index contributed by atoms with van der Waals surface area (Å²) in [4.78, 5) is 28.7. The maximum Gasteiger partial charge on any atom is 0.341 e. The molecule has 0 bridgehead atoms. The maximum atomic E-state index is 12.7. The number of carbonyl (C=O) groups is 2. The number of hydrogen-bond donors (Lipinski definition) is 1. The highest BCUT2D eigenvalue weighted by Gasteiger charge is 2.29. The predicted octanol–water partition coefficient (Wildman–Crippen LogP) is 3.86. The quantitative estimate of drug-likeness (QED) is 0.810. The number of fused-ring (bicyclic) bond motifs is 1. The third-order valence-electron chi connectivity index (χ3n) is 4.57. The van der Waals surface area contributed by atoms with E-state index in [2.05, 4.69) is 17.1 Å². The van der Waals surface area contributed by atoms with Crippen LogP contribution in [0.3, 0.4) is 0 Å². The van der Waals surface area contributed by atoms with Gasteiger partial charge >= 0.3 is 5.97 Å². The average Bonchev–Trinajstić information content (AvgIpc) is 2.98. The van der Waals surface area contributed by atoms with Crippen LogP contribution in [-0.4, -0.2) is 36.5 Å². The first-order valence-corrected chi connectivity index (χ1v) is 9.77. The van der Waals surface area contributed by atoms with Gasteiger partial charge in [-0.1, -0.05) is 24.6 Å². The van der Waals surface area contributed by atoms with Crippen LogP contribution in [0.5, 0.6) is 0 Å². The van der Waals surface area contributed by atoms with E-state index in [0.29, 0.717) is 22.7 Å². The molecule has 1 aliphatic rings. The maximum absolute atomic E-state index is 12.7. The van der Waals surface area contributed by atoms with E-state index >= 15 is 0 Å². The van der Waals surface area contributed by atoms with Crippen molar-refractivity contribution in [3.63, 3.8) is 0 Å². The Morgan fingerprint density at radius 3 is 2.81 bits per heavy atom. The van der Waals surface area contributed by atoms with Crippen molar-refractivity contribution in [2.75, 3.05) is 25.0 Å². The summed E-state index contributed by atoms with van der Waals surface area (Å²) >= 11 is 1.49. The van der Waals surface area contributed by atoms with Crippen molar-refractivity contribution in [1.82, 2.24) is 4.90 Å². The Morgan fingerprint density at radius 1 is 1.31 bits per heavy atom. The monoisotopic (exact) mass is 372 g/mol. The number of thiophene rings is 1. The molecule has 3 rings (SSSR count). The van der Waals surface area contributed by atoms with Gasteiger partial charge in [-0.05, 0) is 44.5 Å². The molecule has 1 aliphatic heterocycles. The topological polar surface area (TPSA) is 58.6 Å². The molecule has 0 fully saturated rings. The third-order valence-corrected chi connectivity index (χ3v) is 5.70. The first-order valence-electron chi connectivity index (χ1n) is 8.95. The van der Waals surface area contributed by atoms with Gasteiger partial charge in [0.1, 0.15) is 5.00 Å². The lowest BCUT2D eigenvalue weighted by molar-refractivity contribution is 0.0526. The van der Waals surface area contributed by atoms with Crippen LogP contribution >= 0.6 is 11.3 Å². The number of anilines is 1. The molecule has 2 heterocycles. The number of rotatable bonds is 5. The second-order valence-electron chi connectivity index (χ2n) is 6.37. The lowest BCUT2D eigenvalue weighted by atomic mass is 10.0. The fourth-order valence-corrected chi connectivity index (χ4v) is 4.47. The summed E-state index contributed by atoms with van der Waals surface area (Å²) < 4.78 is 5.26. The molecule has 1 N–H and O–H groups in total. The Labute approximate surface area is 158 Å². The van der Waals surface area contributed by atoms with Crippen molar-refractivity contribution in [2.45, 2.75) is 33.7 Å². The van der Waals surface area contributed by atoms with Crippen molar-refractivity contribution >= 4 is 28.2 Å². The van der Waals surface area contributed by atoms with E-state index in [1.807, 2.05) is 25.1 Å². The second kappa shape index (κ2) is 8.01. The van der Waals surface area contributed by atoms with Crippen LogP contribution in [0.2, 0.25) is 0 Å². The van der Waals surface area contributed by atoms with Gasteiger partial charge in [-0.25, -0.2) is 4.79 Å². The lowest BCUT2D eigenvalue weighted by Gasteiger charge is -2.25. The average molecular weight is 372 g/mol. The molecular weight excluding hydrogens is 348 g/mol. The van der Waals surface area contributed by atoms with Gasteiger partial charge in [0.15, 0.2) is 0 Å². The fourth-order valence-electron chi connectivity index (χ4n) is 3.20. The van der Waals surface area contributed by atoms with Crippen LogP contribution in [0.4, 0.5) is 5.00 Å². The Kier molecular flexibility index (Phi) is 5.74. The molecule has 0 radical (unpaired) electrons. The smallest absolute Gasteiger partial charge is 0.341 e. The van der Waals surface area contributed by atoms with Gasteiger partial charge in [0.05, 0.1) is 12.2 Å². The Morgan fingerprint density at radius 2 is 2.12 bits per heavy atom. The van der Waals surface area contributed by atoms with E-state index < -0.39 is 0 Å². The summed E-state index contributed by atoms with van der Waals surface area (Å²) in [6.07, 6.45) is 0.800. The second-order valence-corrected chi connectivity index (χ2v) is 7.48. The van der Waals surface area contributed by atoms with Crippen LogP contribution in [0.15, 0.2) is 24.3 Å². The van der Waals surface area contributed by atoms with E-state index in [1.54, 1.807) is 13.0 Å². The van der Waals surface area contributed by atoms with Gasteiger partial charge < -0.3 is 10.1 Å². The third kappa shape index (κ3) is 3.81. The highest BCUT2D eigenvalue weighted by atomic mass is 32.1. The van der Waals surface area contributed by atoms with Crippen LogP contribution in [-0.2, 0) is 17.7 Å². The van der Waals surface area contributed by atoms with Gasteiger partial charge in [0.2, 0.25) is 0 Å². The minimum absolute atomic E-state index is 0.204. The molecular formula is C20H24N2O3S. The molecule has 0 saturated heterocycles. The molecule has 1 aromatic carbocycles. The highest BCUT2D eigenvalue weighted by Crippen LogP contribution is 2.37. The first kappa shape index (κ1) is 18.6. The molecule has 0 aliphatic carbocycles. The predicted molar refractivity (Wildman–Crippen MR) is 104 cm³/mol. The van der Waals surface area contributed by atoms with E-state index in [-0.39, 0.29) is 11.9 Å². The number of esters is 1. The Hall–Kier alpha value is -2.18. The van der Waals surface area contributed by atoms with E-state index in [1.165, 1.54) is 11.3 Å². The zero-order valence-corrected chi connectivity index (χ0v) is 16.2. The molecule has 0 unspecified atom stereocenters. The zero-order chi connectivity index (χ0) is 18.7. The Bertz CT molecular complexity index is 828. The number of amides is 1. The van der Waals surface area contributed by atoms with Crippen molar-refractivity contribution in [3.8, 4) is 0 Å². The molecule has 1 amide bonds. The summed E-state index contributed by atoms with van der Waals surface area (Å²) in [6.45, 7) is 8.88. The van der Waals surface area contributed by atoms with Crippen LogP contribution in [0.1, 0.15) is 50.6 Å². The molecule has 138 valence electrons. The Balaban J connectivity index is 1.94. The van der Waals surface area contributed by atoms with Gasteiger partial charge in [0, 0.05) is 23.5 Å². The number of nitrogens with one attached hydrogen (secondary N) is 1. The summed E-state index contributed by atoms with van der Waals surface area (Å²) in [7, 11) is 0. The summed E-state index contributed by atoms with van der Waals surface area (Å²) in [6, 6.07) is 7.42. The van der Waals surface area contributed by atoms with Crippen molar-refractivity contribution < 1.29 is 14.3 Å². The number of benzene rings is 1. The van der Waals surface area contributed by atoms with Crippen LogP contribution in [0.25, 0.3) is 0 Å². The van der Waals surface area contributed by atoms with Gasteiger partial charge in [0.25, 0.3) is 5.91 Å². The molecule has 0 atom stereocenters. The number of ether oxygens (including phenoxy) is 1. The van der Waals surface area contributed by atoms with Crippen LogP contribution < -0.4 is 5.32 Å². The molecule has 2 aromatic rings. The van der Waals surface area contributed by atoms with Crippen LogP contribution in [0, 0.1) is 6.92 Å². The molecule has 6 heteroatoms. The highest BCUT2D eigenvalue weighted by molar-refractivity contribution is 7.17. The molecule has 5 nitrogen and oxygen atoms in total. The van der Waals surface area contributed by atoms with Gasteiger partial charge in [-0.15, -0.1) is 11.3 Å². The van der Waals surface area contributed by atoms with Gasteiger partial charge in [-0.3, -0.25) is 9.69 Å². The first-order chi connectivity index (χ1) is 12.5.